The average molecular weight is 275 g/mol. The summed E-state index contributed by atoms with van der Waals surface area (Å²) >= 11 is 0. The highest BCUT2D eigenvalue weighted by molar-refractivity contribution is 5.08. The van der Waals surface area contributed by atoms with Crippen LogP contribution >= 0.6 is 0 Å². The lowest BCUT2D eigenvalue weighted by atomic mass is 10.1. The Balaban J connectivity index is 1.51. The highest BCUT2D eigenvalue weighted by atomic mass is 16.5. The minimum atomic E-state index is 0.752. The highest BCUT2D eigenvalue weighted by Gasteiger charge is 2.23. The Kier molecular flexibility index (Phi) is 5.01. The predicted octanol–water partition coefficient (Wildman–Crippen LogP) is 1.77. The molecule has 2 aliphatic rings. The van der Waals surface area contributed by atoms with Crippen molar-refractivity contribution >= 4 is 0 Å². The Labute approximate surface area is 121 Å². The van der Waals surface area contributed by atoms with Crippen LogP contribution in [0.5, 0.6) is 0 Å². The summed E-state index contributed by atoms with van der Waals surface area (Å²) in [6, 6.07) is 4.96. The van der Waals surface area contributed by atoms with E-state index in [0.29, 0.717) is 0 Å². The third-order valence-corrected chi connectivity index (χ3v) is 4.46. The van der Waals surface area contributed by atoms with Crippen LogP contribution in [0, 0.1) is 0 Å². The van der Waals surface area contributed by atoms with E-state index < -0.39 is 0 Å². The Morgan fingerprint density at radius 1 is 1.15 bits per heavy atom. The second-order valence-corrected chi connectivity index (χ2v) is 5.87. The molecule has 110 valence electrons. The van der Waals surface area contributed by atoms with Gasteiger partial charge in [-0.25, -0.2) is 0 Å². The van der Waals surface area contributed by atoms with Crippen LogP contribution in [-0.2, 0) is 11.3 Å². The van der Waals surface area contributed by atoms with Crippen molar-refractivity contribution in [2.24, 2.45) is 0 Å². The van der Waals surface area contributed by atoms with Crippen molar-refractivity contribution in [2.45, 2.75) is 31.8 Å². The Morgan fingerprint density at radius 2 is 2.05 bits per heavy atom. The summed E-state index contributed by atoms with van der Waals surface area (Å²) < 4.78 is 5.48. The number of ether oxygens (including phenoxy) is 1. The zero-order valence-electron chi connectivity index (χ0n) is 12.2. The summed E-state index contributed by atoms with van der Waals surface area (Å²) in [5.74, 6) is 0. The van der Waals surface area contributed by atoms with Gasteiger partial charge in [0.2, 0.25) is 0 Å². The molecule has 1 aromatic rings. The molecule has 0 amide bonds. The second kappa shape index (κ2) is 7.16. The summed E-state index contributed by atoms with van der Waals surface area (Å²) in [4.78, 5) is 9.46. The van der Waals surface area contributed by atoms with Crippen LogP contribution in [0.25, 0.3) is 0 Å². The fourth-order valence-corrected chi connectivity index (χ4v) is 3.31. The Hall–Kier alpha value is -0.970. The van der Waals surface area contributed by atoms with Gasteiger partial charge >= 0.3 is 0 Å². The molecule has 2 fully saturated rings. The van der Waals surface area contributed by atoms with Crippen molar-refractivity contribution in [2.75, 3.05) is 39.4 Å². The highest BCUT2D eigenvalue weighted by Crippen LogP contribution is 2.17. The smallest absolute Gasteiger partial charge is 0.0480 e. The third kappa shape index (κ3) is 3.78. The maximum Gasteiger partial charge on any atom is 0.0480 e. The van der Waals surface area contributed by atoms with Gasteiger partial charge < -0.3 is 4.74 Å². The van der Waals surface area contributed by atoms with Gasteiger partial charge in [0.05, 0.1) is 0 Å². The zero-order valence-corrected chi connectivity index (χ0v) is 12.2. The quantitative estimate of drug-likeness (QED) is 0.840. The molecular formula is C16H25N3O. The average Bonchev–Trinajstić information content (AvgIpc) is 2.75. The van der Waals surface area contributed by atoms with Gasteiger partial charge in [0.15, 0.2) is 0 Å². The lowest BCUT2D eigenvalue weighted by Gasteiger charge is -2.33. The number of nitrogens with zero attached hydrogens (tertiary/aromatic N) is 3. The first kappa shape index (κ1) is 14.0. The minimum Gasteiger partial charge on any atom is -0.381 e. The number of rotatable bonds is 3. The Morgan fingerprint density at radius 3 is 2.85 bits per heavy atom. The van der Waals surface area contributed by atoms with Gasteiger partial charge in [0.1, 0.15) is 0 Å². The number of hydrogen-bond acceptors (Lipinski definition) is 4. The first-order valence-corrected chi connectivity index (χ1v) is 7.85. The van der Waals surface area contributed by atoms with Gasteiger partial charge in [-0.15, -0.1) is 0 Å². The molecule has 0 saturated carbocycles. The van der Waals surface area contributed by atoms with Gasteiger partial charge in [0, 0.05) is 51.3 Å². The molecule has 0 radical (unpaired) electrons. The number of aromatic nitrogens is 1. The van der Waals surface area contributed by atoms with Gasteiger partial charge in [-0.2, -0.15) is 0 Å². The molecule has 0 aliphatic carbocycles. The fourth-order valence-electron chi connectivity index (χ4n) is 3.31. The van der Waals surface area contributed by atoms with Crippen LogP contribution in [0.4, 0.5) is 0 Å². The van der Waals surface area contributed by atoms with Crippen molar-refractivity contribution in [3.05, 3.63) is 30.1 Å². The maximum absolute atomic E-state index is 5.48. The Bertz CT molecular complexity index is 392. The van der Waals surface area contributed by atoms with Gasteiger partial charge in [-0.1, -0.05) is 6.07 Å². The normalized spacial score (nSPS) is 23.6. The molecule has 0 aromatic carbocycles. The van der Waals surface area contributed by atoms with Crippen LogP contribution in [0.1, 0.15) is 24.8 Å². The standard InChI is InChI=1S/C16H25N3O/c1-3-15(13-17-6-1)14-18-7-2-8-19(10-9-18)16-4-11-20-12-5-16/h1,3,6,13,16H,2,4-5,7-12,14H2. The zero-order chi connectivity index (χ0) is 13.6. The van der Waals surface area contributed by atoms with E-state index in [1.165, 1.54) is 51.0 Å². The van der Waals surface area contributed by atoms with Crippen molar-refractivity contribution in [3.63, 3.8) is 0 Å². The SMILES string of the molecule is c1cncc(CN2CCCN(C3CCOCC3)CC2)c1. The fraction of sp³-hybridized carbons (Fsp3) is 0.688. The summed E-state index contributed by atoms with van der Waals surface area (Å²) in [6.45, 7) is 7.75. The topological polar surface area (TPSA) is 28.6 Å². The molecule has 2 aliphatic heterocycles. The third-order valence-electron chi connectivity index (χ3n) is 4.46. The summed E-state index contributed by atoms with van der Waals surface area (Å²) in [6.07, 6.45) is 7.53. The molecule has 0 bridgehead atoms. The molecule has 3 heterocycles. The van der Waals surface area contributed by atoms with E-state index >= 15 is 0 Å². The summed E-state index contributed by atoms with van der Waals surface area (Å²) in [5, 5.41) is 0. The summed E-state index contributed by atoms with van der Waals surface area (Å²) in [5.41, 5.74) is 1.33. The van der Waals surface area contributed by atoms with Gasteiger partial charge in [0.25, 0.3) is 0 Å². The van der Waals surface area contributed by atoms with E-state index in [2.05, 4.69) is 20.9 Å². The molecule has 0 spiro atoms. The van der Waals surface area contributed by atoms with Crippen molar-refractivity contribution in [1.29, 1.82) is 0 Å². The first-order chi connectivity index (χ1) is 9.92. The van der Waals surface area contributed by atoms with Crippen LogP contribution in [0.2, 0.25) is 0 Å². The van der Waals surface area contributed by atoms with Gasteiger partial charge in [-0.3, -0.25) is 14.8 Å². The van der Waals surface area contributed by atoms with Gasteiger partial charge in [-0.05, 0) is 44.0 Å². The number of pyridine rings is 1. The lowest BCUT2D eigenvalue weighted by molar-refractivity contribution is 0.0353. The first-order valence-electron chi connectivity index (χ1n) is 7.85. The molecule has 0 atom stereocenters. The van der Waals surface area contributed by atoms with Crippen LogP contribution in [0.15, 0.2) is 24.5 Å². The minimum absolute atomic E-state index is 0.752. The van der Waals surface area contributed by atoms with E-state index in [0.717, 1.165) is 25.8 Å². The van der Waals surface area contributed by atoms with E-state index in [1.807, 2.05) is 18.5 Å². The van der Waals surface area contributed by atoms with Crippen LogP contribution in [0.3, 0.4) is 0 Å². The second-order valence-electron chi connectivity index (χ2n) is 5.87. The van der Waals surface area contributed by atoms with E-state index in [4.69, 9.17) is 4.74 Å². The molecule has 0 unspecified atom stereocenters. The monoisotopic (exact) mass is 275 g/mol. The van der Waals surface area contributed by atoms with Crippen LogP contribution < -0.4 is 0 Å². The van der Waals surface area contributed by atoms with Crippen molar-refractivity contribution in [1.82, 2.24) is 14.8 Å². The van der Waals surface area contributed by atoms with E-state index in [-0.39, 0.29) is 0 Å². The van der Waals surface area contributed by atoms with Crippen molar-refractivity contribution in [3.8, 4) is 0 Å². The molecule has 20 heavy (non-hydrogen) atoms. The number of hydrogen-bond donors (Lipinski definition) is 0. The molecule has 1 aromatic heterocycles. The molecule has 0 N–H and O–H groups in total. The molecule has 4 nitrogen and oxygen atoms in total. The molecule has 4 heteroatoms. The van der Waals surface area contributed by atoms with Crippen LogP contribution in [-0.4, -0.2) is 60.2 Å². The van der Waals surface area contributed by atoms with E-state index in [1.54, 1.807) is 0 Å². The van der Waals surface area contributed by atoms with E-state index in [9.17, 15) is 0 Å². The predicted molar refractivity (Wildman–Crippen MR) is 79.5 cm³/mol. The molecule has 3 rings (SSSR count). The molecule has 2 saturated heterocycles. The molecular weight excluding hydrogens is 250 g/mol. The summed E-state index contributed by atoms with van der Waals surface area (Å²) in [7, 11) is 0. The lowest BCUT2D eigenvalue weighted by Crippen LogP contribution is -2.41. The van der Waals surface area contributed by atoms with Crippen molar-refractivity contribution < 1.29 is 4.74 Å². The maximum atomic E-state index is 5.48. The largest absolute Gasteiger partial charge is 0.381 e.